The Morgan fingerprint density at radius 2 is 1.94 bits per heavy atom. The summed E-state index contributed by atoms with van der Waals surface area (Å²) >= 11 is 0. The second-order valence-corrected chi connectivity index (χ2v) is 4.17. The van der Waals surface area contributed by atoms with Crippen LogP contribution in [0.25, 0.3) is 0 Å². The topological polar surface area (TPSA) is 49.9 Å². The van der Waals surface area contributed by atoms with Gasteiger partial charge in [0.1, 0.15) is 6.61 Å². The van der Waals surface area contributed by atoms with E-state index in [1.807, 2.05) is 7.05 Å². The zero-order valence-corrected chi connectivity index (χ0v) is 10.2. The van der Waals surface area contributed by atoms with Gasteiger partial charge < -0.3 is 14.5 Å². The van der Waals surface area contributed by atoms with Gasteiger partial charge in [0.2, 0.25) is 11.8 Å². The molecule has 0 aliphatic carbocycles. The van der Waals surface area contributed by atoms with E-state index < -0.39 is 0 Å². The number of ether oxygens (including phenoxy) is 1. The Bertz CT molecular complexity index is 260. The van der Waals surface area contributed by atoms with Crippen molar-refractivity contribution in [1.29, 1.82) is 0 Å². The normalized spacial score (nSPS) is 17.3. The molecule has 5 nitrogen and oxygen atoms in total. The average Bonchev–Trinajstić information content (AvgIpc) is 2.28. The van der Waals surface area contributed by atoms with Crippen LogP contribution in [0.5, 0.6) is 0 Å². The molecule has 1 aliphatic rings. The van der Waals surface area contributed by atoms with Gasteiger partial charge in [0, 0.05) is 40.2 Å². The molecule has 0 atom stereocenters. The third kappa shape index (κ3) is 3.20. The number of rotatable bonds is 3. The second-order valence-electron chi connectivity index (χ2n) is 4.17. The Balaban J connectivity index is 2.39. The summed E-state index contributed by atoms with van der Waals surface area (Å²) < 4.78 is 4.81. The number of carbonyl (C=O) groups excluding carboxylic acids is 2. The number of hydrogen-bond acceptors (Lipinski definition) is 3. The van der Waals surface area contributed by atoms with E-state index in [2.05, 4.69) is 0 Å². The number of amides is 2. The minimum absolute atomic E-state index is 0.0337. The van der Waals surface area contributed by atoms with Crippen molar-refractivity contribution in [2.24, 2.45) is 0 Å². The third-order valence-electron chi connectivity index (χ3n) is 3.13. The third-order valence-corrected chi connectivity index (χ3v) is 3.13. The molecule has 16 heavy (non-hydrogen) atoms. The maximum absolute atomic E-state index is 11.5. The van der Waals surface area contributed by atoms with E-state index >= 15 is 0 Å². The maximum atomic E-state index is 11.5. The second kappa shape index (κ2) is 5.84. The van der Waals surface area contributed by atoms with Crippen molar-refractivity contribution in [2.75, 3.05) is 33.9 Å². The molecule has 0 spiro atoms. The van der Waals surface area contributed by atoms with Crippen LogP contribution < -0.4 is 0 Å². The lowest BCUT2D eigenvalue weighted by Gasteiger charge is -2.36. The number of methoxy groups -OCH3 is 1. The van der Waals surface area contributed by atoms with E-state index in [0.717, 1.165) is 12.8 Å². The highest BCUT2D eigenvalue weighted by Gasteiger charge is 2.25. The van der Waals surface area contributed by atoms with Gasteiger partial charge in [-0.3, -0.25) is 9.59 Å². The Labute approximate surface area is 96.3 Å². The van der Waals surface area contributed by atoms with Crippen molar-refractivity contribution < 1.29 is 14.3 Å². The lowest BCUT2D eigenvalue weighted by molar-refractivity contribution is -0.137. The molecule has 1 aliphatic heterocycles. The summed E-state index contributed by atoms with van der Waals surface area (Å²) in [4.78, 5) is 26.3. The van der Waals surface area contributed by atoms with Gasteiger partial charge in [0.15, 0.2) is 0 Å². The van der Waals surface area contributed by atoms with Crippen molar-refractivity contribution in [3.05, 3.63) is 0 Å². The average molecular weight is 228 g/mol. The number of hydrogen-bond donors (Lipinski definition) is 0. The lowest BCUT2D eigenvalue weighted by Crippen LogP contribution is -2.47. The molecule has 92 valence electrons. The molecule has 1 saturated heterocycles. The molecule has 2 amide bonds. The van der Waals surface area contributed by atoms with Crippen LogP contribution >= 0.6 is 0 Å². The van der Waals surface area contributed by atoms with E-state index in [4.69, 9.17) is 4.74 Å². The first kappa shape index (κ1) is 13.0. The van der Waals surface area contributed by atoms with E-state index in [9.17, 15) is 9.59 Å². The SMILES string of the molecule is COCC(=O)N1CCC(N(C)C(C)=O)CC1. The molecule has 0 bridgehead atoms. The predicted molar refractivity (Wildman–Crippen MR) is 59.9 cm³/mol. The van der Waals surface area contributed by atoms with Crippen molar-refractivity contribution in [3.8, 4) is 0 Å². The van der Waals surface area contributed by atoms with Crippen molar-refractivity contribution in [1.82, 2.24) is 9.80 Å². The Kier molecular flexibility index (Phi) is 4.73. The first-order valence-corrected chi connectivity index (χ1v) is 5.56. The molecule has 1 heterocycles. The fourth-order valence-corrected chi connectivity index (χ4v) is 1.97. The van der Waals surface area contributed by atoms with Crippen LogP contribution in [0.2, 0.25) is 0 Å². The standard InChI is InChI=1S/C11H20N2O3/c1-9(14)12(2)10-4-6-13(7-5-10)11(15)8-16-3/h10H,4-8H2,1-3H3. The Morgan fingerprint density at radius 1 is 1.38 bits per heavy atom. The van der Waals surface area contributed by atoms with E-state index in [1.165, 1.54) is 7.11 Å². The summed E-state index contributed by atoms with van der Waals surface area (Å²) in [6.45, 7) is 3.14. The van der Waals surface area contributed by atoms with Gasteiger partial charge in [0.25, 0.3) is 0 Å². The van der Waals surface area contributed by atoms with Crippen LogP contribution in [-0.2, 0) is 14.3 Å². The van der Waals surface area contributed by atoms with Gasteiger partial charge in [-0.1, -0.05) is 0 Å². The first-order chi connectivity index (χ1) is 7.56. The Hall–Kier alpha value is -1.10. The summed E-state index contributed by atoms with van der Waals surface area (Å²) in [7, 11) is 3.34. The molecular formula is C11H20N2O3. The summed E-state index contributed by atoms with van der Waals surface area (Å²) in [6.07, 6.45) is 1.71. The summed E-state index contributed by atoms with van der Waals surface area (Å²) in [5.74, 6) is 0.119. The minimum atomic E-state index is 0.0337. The van der Waals surface area contributed by atoms with Crippen LogP contribution in [0.3, 0.4) is 0 Å². The van der Waals surface area contributed by atoms with Crippen LogP contribution in [0.15, 0.2) is 0 Å². The molecule has 1 fully saturated rings. The molecule has 0 aromatic heterocycles. The van der Waals surface area contributed by atoms with Crippen molar-refractivity contribution >= 4 is 11.8 Å². The summed E-state index contributed by atoms with van der Waals surface area (Å²) in [5.41, 5.74) is 0. The monoisotopic (exact) mass is 228 g/mol. The van der Waals surface area contributed by atoms with E-state index in [-0.39, 0.29) is 24.5 Å². The quantitative estimate of drug-likeness (QED) is 0.688. The molecule has 0 N–H and O–H groups in total. The molecule has 0 saturated carbocycles. The van der Waals surface area contributed by atoms with Crippen LogP contribution in [0.1, 0.15) is 19.8 Å². The summed E-state index contributed by atoms with van der Waals surface area (Å²) in [6, 6.07) is 0.268. The van der Waals surface area contributed by atoms with E-state index in [1.54, 1.807) is 16.7 Å². The zero-order valence-electron chi connectivity index (χ0n) is 10.2. The fourth-order valence-electron chi connectivity index (χ4n) is 1.97. The summed E-state index contributed by atoms with van der Waals surface area (Å²) in [5, 5.41) is 0. The molecular weight excluding hydrogens is 208 g/mol. The van der Waals surface area contributed by atoms with Gasteiger partial charge in [-0.15, -0.1) is 0 Å². The zero-order chi connectivity index (χ0) is 12.1. The first-order valence-electron chi connectivity index (χ1n) is 5.56. The highest BCUT2D eigenvalue weighted by Crippen LogP contribution is 2.15. The van der Waals surface area contributed by atoms with Gasteiger partial charge in [-0.25, -0.2) is 0 Å². The van der Waals surface area contributed by atoms with Gasteiger partial charge in [-0.2, -0.15) is 0 Å². The minimum Gasteiger partial charge on any atom is -0.375 e. The highest BCUT2D eigenvalue weighted by atomic mass is 16.5. The van der Waals surface area contributed by atoms with Gasteiger partial charge >= 0.3 is 0 Å². The molecule has 5 heteroatoms. The van der Waals surface area contributed by atoms with Crippen LogP contribution in [0.4, 0.5) is 0 Å². The van der Waals surface area contributed by atoms with Crippen molar-refractivity contribution in [3.63, 3.8) is 0 Å². The molecule has 0 aromatic rings. The number of piperidine rings is 1. The van der Waals surface area contributed by atoms with Gasteiger partial charge in [-0.05, 0) is 12.8 Å². The smallest absolute Gasteiger partial charge is 0.248 e. The maximum Gasteiger partial charge on any atom is 0.248 e. The highest BCUT2D eigenvalue weighted by molar-refractivity contribution is 5.77. The number of likely N-dealkylation sites (tertiary alicyclic amines) is 1. The lowest BCUT2D eigenvalue weighted by atomic mass is 10.0. The van der Waals surface area contributed by atoms with Crippen LogP contribution in [0, 0.1) is 0 Å². The number of nitrogens with zero attached hydrogens (tertiary/aromatic N) is 2. The predicted octanol–water partition coefficient (Wildman–Crippen LogP) is 0.102. The molecule has 0 unspecified atom stereocenters. The molecule has 0 aromatic carbocycles. The van der Waals surface area contributed by atoms with E-state index in [0.29, 0.717) is 13.1 Å². The van der Waals surface area contributed by atoms with Gasteiger partial charge in [0.05, 0.1) is 0 Å². The molecule has 1 rings (SSSR count). The Morgan fingerprint density at radius 3 is 2.38 bits per heavy atom. The fraction of sp³-hybridized carbons (Fsp3) is 0.818. The molecule has 0 radical (unpaired) electrons. The van der Waals surface area contributed by atoms with Crippen LogP contribution in [-0.4, -0.2) is 61.5 Å². The number of carbonyl (C=O) groups is 2. The van der Waals surface area contributed by atoms with Crippen molar-refractivity contribution in [2.45, 2.75) is 25.8 Å². The largest absolute Gasteiger partial charge is 0.375 e.